The number of carbonyl (C=O) groups excluding carboxylic acids is 1. The molecule has 0 unspecified atom stereocenters. The van der Waals surface area contributed by atoms with Crippen molar-refractivity contribution < 1.29 is 19.0 Å². The van der Waals surface area contributed by atoms with E-state index in [1.165, 1.54) is 7.11 Å². The van der Waals surface area contributed by atoms with Crippen LogP contribution in [-0.4, -0.2) is 25.3 Å². The summed E-state index contributed by atoms with van der Waals surface area (Å²) in [6.07, 6.45) is 1.43. The number of hydrogen-bond acceptors (Lipinski definition) is 4. The fourth-order valence-electron chi connectivity index (χ4n) is 1.64. The van der Waals surface area contributed by atoms with Crippen LogP contribution < -0.4 is 9.47 Å². The van der Waals surface area contributed by atoms with Crippen LogP contribution in [0.15, 0.2) is 24.3 Å². The first kappa shape index (κ1) is 11.8. The minimum atomic E-state index is -0.748. The van der Waals surface area contributed by atoms with E-state index in [9.17, 15) is 4.79 Å². The molecule has 92 valence electrons. The maximum absolute atomic E-state index is 11.5. The van der Waals surface area contributed by atoms with Crippen LogP contribution in [0.1, 0.15) is 19.8 Å². The summed E-state index contributed by atoms with van der Waals surface area (Å²) in [6.45, 7) is 2.56. The molecule has 1 saturated carbocycles. The molecule has 1 aliphatic carbocycles. The molecule has 1 fully saturated rings. The first-order valence-electron chi connectivity index (χ1n) is 5.70. The Kier molecular flexibility index (Phi) is 3.22. The van der Waals surface area contributed by atoms with Gasteiger partial charge in [-0.15, -0.1) is 0 Å². The van der Waals surface area contributed by atoms with Gasteiger partial charge < -0.3 is 14.2 Å². The second kappa shape index (κ2) is 4.65. The molecule has 4 heteroatoms. The Hall–Kier alpha value is -1.71. The fraction of sp³-hybridized carbons (Fsp3) is 0.462. The summed E-state index contributed by atoms with van der Waals surface area (Å²) in [7, 11) is 1.38. The monoisotopic (exact) mass is 236 g/mol. The molecule has 1 aliphatic rings. The van der Waals surface area contributed by atoms with Crippen LogP contribution in [0.5, 0.6) is 11.5 Å². The second-order valence-corrected chi connectivity index (χ2v) is 3.99. The summed E-state index contributed by atoms with van der Waals surface area (Å²) in [5, 5.41) is 0. The molecule has 2 rings (SSSR count). The van der Waals surface area contributed by atoms with Crippen molar-refractivity contribution in [2.75, 3.05) is 13.7 Å². The van der Waals surface area contributed by atoms with E-state index < -0.39 is 5.60 Å². The molecule has 1 aromatic rings. The number of methoxy groups -OCH3 is 1. The molecule has 4 nitrogen and oxygen atoms in total. The van der Waals surface area contributed by atoms with Crippen LogP contribution in [0.2, 0.25) is 0 Å². The number of rotatable bonds is 5. The van der Waals surface area contributed by atoms with Gasteiger partial charge >= 0.3 is 5.97 Å². The molecule has 0 bridgehead atoms. The number of esters is 1. The van der Waals surface area contributed by atoms with Crippen LogP contribution in [0, 0.1) is 0 Å². The van der Waals surface area contributed by atoms with Crippen molar-refractivity contribution in [2.24, 2.45) is 0 Å². The average molecular weight is 236 g/mol. The van der Waals surface area contributed by atoms with E-state index in [4.69, 9.17) is 14.2 Å². The van der Waals surface area contributed by atoms with Gasteiger partial charge in [-0.3, -0.25) is 0 Å². The zero-order chi connectivity index (χ0) is 12.3. The molecule has 0 heterocycles. The van der Waals surface area contributed by atoms with Crippen LogP contribution in [0.3, 0.4) is 0 Å². The van der Waals surface area contributed by atoms with Gasteiger partial charge in [0.15, 0.2) is 0 Å². The third-order valence-corrected chi connectivity index (χ3v) is 2.71. The van der Waals surface area contributed by atoms with Crippen molar-refractivity contribution >= 4 is 5.97 Å². The molecular formula is C13H16O4. The highest BCUT2D eigenvalue weighted by molar-refractivity contribution is 5.83. The molecule has 0 aromatic heterocycles. The van der Waals surface area contributed by atoms with Crippen LogP contribution in [-0.2, 0) is 9.53 Å². The lowest BCUT2D eigenvalue weighted by atomic mass is 10.3. The van der Waals surface area contributed by atoms with E-state index in [-0.39, 0.29) is 5.97 Å². The van der Waals surface area contributed by atoms with Crippen molar-refractivity contribution in [1.29, 1.82) is 0 Å². The maximum Gasteiger partial charge on any atom is 0.350 e. The molecule has 0 N–H and O–H groups in total. The van der Waals surface area contributed by atoms with Crippen molar-refractivity contribution in [3.63, 3.8) is 0 Å². The Balaban J connectivity index is 2.02. The fourth-order valence-corrected chi connectivity index (χ4v) is 1.64. The molecule has 17 heavy (non-hydrogen) atoms. The van der Waals surface area contributed by atoms with Gasteiger partial charge in [-0.05, 0) is 31.2 Å². The highest BCUT2D eigenvalue weighted by Crippen LogP contribution is 2.41. The molecule has 0 radical (unpaired) electrons. The largest absolute Gasteiger partial charge is 0.494 e. The zero-order valence-electron chi connectivity index (χ0n) is 10.1. The Morgan fingerprint density at radius 2 is 1.82 bits per heavy atom. The van der Waals surface area contributed by atoms with E-state index >= 15 is 0 Å². The standard InChI is InChI=1S/C13H16O4/c1-3-16-10-4-6-11(7-5-10)17-13(8-9-13)12(14)15-2/h4-7H,3,8-9H2,1-2H3. The van der Waals surface area contributed by atoms with Gasteiger partial charge in [-0.1, -0.05) is 0 Å². The van der Waals surface area contributed by atoms with Gasteiger partial charge in [0.25, 0.3) is 0 Å². The van der Waals surface area contributed by atoms with E-state index in [2.05, 4.69) is 0 Å². The zero-order valence-corrected chi connectivity index (χ0v) is 10.1. The van der Waals surface area contributed by atoms with Crippen LogP contribution in [0.25, 0.3) is 0 Å². The molecule has 1 aromatic carbocycles. The van der Waals surface area contributed by atoms with Crippen LogP contribution >= 0.6 is 0 Å². The predicted molar refractivity (Wildman–Crippen MR) is 62.2 cm³/mol. The van der Waals surface area contributed by atoms with Crippen molar-refractivity contribution in [1.82, 2.24) is 0 Å². The van der Waals surface area contributed by atoms with Crippen molar-refractivity contribution in [3.05, 3.63) is 24.3 Å². The summed E-state index contributed by atoms with van der Waals surface area (Å²) in [4.78, 5) is 11.5. The third kappa shape index (κ3) is 2.52. The summed E-state index contributed by atoms with van der Waals surface area (Å²) in [5.74, 6) is 1.16. The van der Waals surface area contributed by atoms with Crippen molar-refractivity contribution in [2.45, 2.75) is 25.4 Å². The predicted octanol–water partition coefficient (Wildman–Crippen LogP) is 2.17. The topological polar surface area (TPSA) is 44.8 Å². The number of hydrogen-bond donors (Lipinski definition) is 0. The Labute approximate surface area is 100 Å². The summed E-state index contributed by atoms with van der Waals surface area (Å²) < 4.78 is 15.7. The van der Waals surface area contributed by atoms with Gasteiger partial charge in [0, 0.05) is 12.8 Å². The highest BCUT2D eigenvalue weighted by Gasteiger charge is 2.54. The Morgan fingerprint density at radius 3 is 2.29 bits per heavy atom. The summed E-state index contributed by atoms with van der Waals surface area (Å²) in [6, 6.07) is 7.25. The van der Waals surface area contributed by atoms with Gasteiger partial charge in [-0.25, -0.2) is 4.79 Å². The van der Waals surface area contributed by atoms with Crippen LogP contribution in [0.4, 0.5) is 0 Å². The maximum atomic E-state index is 11.5. The molecular weight excluding hydrogens is 220 g/mol. The first-order valence-corrected chi connectivity index (χ1v) is 5.70. The summed E-state index contributed by atoms with van der Waals surface area (Å²) >= 11 is 0. The number of carbonyl (C=O) groups is 1. The number of benzene rings is 1. The minimum Gasteiger partial charge on any atom is -0.494 e. The normalized spacial score (nSPS) is 16.1. The second-order valence-electron chi connectivity index (χ2n) is 3.99. The van der Waals surface area contributed by atoms with Gasteiger partial charge in [0.1, 0.15) is 11.5 Å². The SMILES string of the molecule is CCOc1ccc(OC2(C(=O)OC)CC2)cc1. The van der Waals surface area contributed by atoms with E-state index in [0.717, 1.165) is 5.75 Å². The quantitative estimate of drug-likeness (QED) is 0.735. The number of ether oxygens (including phenoxy) is 3. The lowest BCUT2D eigenvalue weighted by Crippen LogP contribution is -2.30. The van der Waals surface area contributed by atoms with E-state index in [0.29, 0.717) is 25.2 Å². The first-order chi connectivity index (χ1) is 8.20. The van der Waals surface area contributed by atoms with Gasteiger partial charge in [0.2, 0.25) is 5.60 Å². The lowest BCUT2D eigenvalue weighted by Gasteiger charge is -2.15. The smallest absolute Gasteiger partial charge is 0.350 e. The minimum absolute atomic E-state index is 0.300. The van der Waals surface area contributed by atoms with E-state index in [1.807, 2.05) is 19.1 Å². The molecule has 0 amide bonds. The third-order valence-electron chi connectivity index (χ3n) is 2.71. The average Bonchev–Trinajstić information content (AvgIpc) is 3.12. The summed E-state index contributed by atoms with van der Waals surface area (Å²) in [5.41, 5.74) is -0.748. The van der Waals surface area contributed by atoms with Gasteiger partial charge in [-0.2, -0.15) is 0 Å². The lowest BCUT2D eigenvalue weighted by molar-refractivity contribution is -0.151. The molecule has 0 aliphatic heterocycles. The van der Waals surface area contributed by atoms with Gasteiger partial charge in [0.05, 0.1) is 13.7 Å². The Bertz CT molecular complexity index is 392. The molecule has 0 atom stereocenters. The Morgan fingerprint density at radius 1 is 1.24 bits per heavy atom. The van der Waals surface area contributed by atoms with E-state index in [1.54, 1.807) is 12.1 Å². The molecule has 0 spiro atoms. The van der Waals surface area contributed by atoms with Crippen molar-refractivity contribution in [3.8, 4) is 11.5 Å². The molecule has 0 saturated heterocycles. The highest BCUT2D eigenvalue weighted by atomic mass is 16.6.